The summed E-state index contributed by atoms with van der Waals surface area (Å²) in [6.45, 7) is 5.09. The molecule has 2 heterocycles. The molecule has 3 aliphatic rings. The Morgan fingerprint density at radius 1 is 1.19 bits per heavy atom. The second-order valence-electron chi connectivity index (χ2n) is 9.53. The Morgan fingerprint density at radius 3 is 2.55 bits per heavy atom. The predicted octanol–water partition coefficient (Wildman–Crippen LogP) is 3.00. The minimum absolute atomic E-state index is 0.0917. The lowest BCUT2D eigenvalue weighted by Gasteiger charge is -2.60. The zero-order valence-corrected chi connectivity index (χ0v) is 18.2. The Labute approximate surface area is 180 Å². The van der Waals surface area contributed by atoms with E-state index in [9.17, 15) is 19.2 Å². The van der Waals surface area contributed by atoms with Crippen LogP contribution in [0.1, 0.15) is 58.1 Å². The van der Waals surface area contributed by atoms with Crippen LogP contribution in [-0.4, -0.2) is 36.9 Å². The molecule has 1 aromatic heterocycles. The molecular formula is C23H28O8. The molecule has 0 bridgehead atoms. The molecule has 4 rings (SSSR count). The SMILES string of the molecule is COC(=O)[C@@H]1C[C@H](OC(C)=O)C(=O)C2[C@@]3(C)C[C@@H](c4ccoc4)OC(=O)C3CC[C@]21C. The van der Waals surface area contributed by atoms with Gasteiger partial charge in [-0.2, -0.15) is 0 Å². The van der Waals surface area contributed by atoms with E-state index in [4.69, 9.17) is 18.6 Å². The first-order valence-corrected chi connectivity index (χ1v) is 10.6. The number of carbonyl (C=O) groups excluding carboxylic acids is 4. The number of ketones is 1. The molecule has 1 saturated heterocycles. The topological polar surface area (TPSA) is 109 Å². The van der Waals surface area contributed by atoms with Crippen molar-refractivity contribution in [3.63, 3.8) is 0 Å². The third kappa shape index (κ3) is 3.27. The van der Waals surface area contributed by atoms with Crippen molar-refractivity contribution in [2.75, 3.05) is 7.11 Å². The second kappa shape index (κ2) is 7.50. The molecule has 2 saturated carbocycles. The number of ether oxygens (including phenoxy) is 3. The number of carbonyl (C=O) groups is 4. The van der Waals surface area contributed by atoms with Gasteiger partial charge < -0.3 is 18.6 Å². The largest absolute Gasteiger partial charge is 0.472 e. The molecule has 8 nitrogen and oxygen atoms in total. The summed E-state index contributed by atoms with van der Waals surface area (Å²) in [6, 6.07) is 1.74. The number of rotatable bonds is 3. The average molecular weight is 432 g/mol. The van der Waals surface area contributed by atoms with E-state index in [-0.39, 0.29) is 18.2 Å². The van der Waals surface area contributed by atoms with Crippen molar-refractivity contribution in [1.29, 1.82) is 0 Å². The average Bonchev–Trinajstić information content (AvgIpc) is 3.23. The number of methoxy groups -OCH3 is 1. The Bertz CT molecular complexity index is 905. The van der Waals surface area contributed by atoms with Crippen LogP contribution in [0.25, 0.3) is 0 Å². The molecule has 31 heavy (non-hydrogen) atoms. The van der Waals surface area contributed by atoms with Crippen LogP contribution >= 0.6 is 0 Å². The highest BCUT2D eigenvalue weighted by atomic mass is 16.6. The van der Waals surface area contributed by atoms with E-state index in [1.807, 2.05) is 13.8 Å². The molecule has 0 spiro atoms. The Hall–Kier alpha value is -2.64. The maximum absolute atomic E-state index is 13.7. The van der Waals surface area contributed by atoms with Gasteiger partial charge in [-0.3, -0.25) is 19.2 Å². The molecule has 1 aliphatic heterocycles. The summed E-state index contributed by atoms with van der Waals surface area (Å²) in [5, 5.41) is 0. The molecule has 8 heteroatoms. The normalized spacial score (nSPS) is 39.7. The Balaban J connectivity index is 1.80. The number of hydrogen-bond donors (Lipinski definition) is 0. The Kier molecular flexibility index (Phi) is 5.22. The smallest absolute Gasteiger partial charge is 0.310 e. The van der Waals surface area contributed by atoms with Gasteiger partial charge in [0.25, 0.3) is 0 Å². The number of cyclic esters (lactones) is 1. The van der Waals surface area contributed by atoms with E-state index in [2.05, 4.69) is 0 Å². The highest BCUT2D eigenvalue weighted by Gasteiger charge is 2.67. The van der Waals surface area contributed by atoms with Crippen molar-refractivity contribution >= 4 is 23.7 Å². The molecule has 2 unspecified atom stereocenters. The van der Waals surface area contributed by atoms with Crippen molar-refractivity contribution in [3.05, 3.63) is 24.2 Å². The van der Waals surface area contributed by atoms with E-state index < -0.39 is 52.7 Å². The summed E-state index contributed by atoms with van der Waals surface area (Å²) < 4.78 is 21.3. The first-order chi connectivity index (χ1) is 14.6. The van der Waals surface area contributed by atoms with E-state index >= 15 is 0 Å². The van der Waals surface area contributed by atoms with Gasteiger partial charge in [0, 0.05) is 24.8 Å². The number of esters is 3. The third-order valence-corrected chi connectivity index (χ3v) is 7.81. The van der Waals surface area contributed by atoms with Crippen molar-refractivity contribution in [1.82, 2.24) is 0 Å². The van der Waals surface area contributed by atoms with Gasteiger partial charge in [-0.15, -0.1) is 0 Å². The summed E-state index contributed by atoms with van der Waals surface area (Å²) in [6.07, 6.45) is 2.98. The standard InChI is InChI=1S/C23H28O8/c1-12(24)30-16-9-15(20(26)28-4)22(2)7-5-14-21(27)31-17(13-6-8-29-11-13)10-23(14,3)19(22)18(16)25/h6,8,11,14-17,19H,5,7,9-10H2,1-4H3/t14?,15-,16-,17-,19?,22-,23-/m0/s1. The quantitative estimate of drug-likeness (QED) is 0.530. The zero-order valence-electron chi connectivity index (χ0n) is 18.2. The lowest BCUT2D eigenvalue weighted by Crippen LogP contribution is -2.64. The fourth-order valence-electron chi connectivity index (χ4n) is 6.46. The summed E-state index contributed by atoms with van der Waals surface area (Å²) >= 11 is 0. The van der Waals surface area contributed by atoms with Gasteiger partial charge in [0.1, 0.15) is 6.10 Å². The summed E-state index contributed by atoms with van der Waals surface area (Å²) in [5.41, 5.74) is -0.763. The maximum Gasteiger partial charge on any atom is 0.310 e. The van der Waals surface area contributed by atoms with E-state index in [0.717, 1.165) is 5.56 Å². The van der Waals surface area contributed by atoms with Crippen molar-refractivity contribution in [2.45, 2.75) is 58.7 Å². The lowest BCUT2D eigenvalue weighted by atomic mass is 9.43. The van der Waals surface area contributed by atoms with E-state index in [0.29, 0.717) is 19.3 Å². The van der Waals surface area contributed by atoms with Gasteiger partial charge >= 0.3 is 17.9 Å². The van der Waals surface area contributed by atoms with Crippen LogP contribution in [0, 0.1) is 28.6 Å². The molecular weight excluding hydrogens is 404 g/mol. The minimum atomic E-state index is -1.04. The number of fused-ring (bicyclic) bond motifs is 3. The minimum Gasteiger partial charge on any atom is -0.472 e. The van der Waals surface area contributed by atoms with Crippen LogP contribution in [0.5, 0.6) is 0 Å². The maximum atomic E-state index is 13.7. The lowest BCUT2D eigenvalue weighted by molar-refractivity contribution is -0.210. The molecule has 3 fully saturated rings. The van der Waals surface area contributed by atoms with Gasteiger partial charge in [0.05, 0.1) is 31.5 Å². The molecule has 1 aromatic rings. The predicted molar refractivity (Wildman–Crippen MR) is 105 cm³/mol. The van der Waals surface area contributed by atoms with Gasteiger partial charge in [0.15, 0.2) is 11.9 Å². The highest BCUT2D eigenvalue weighted by molar-refractivity contribution is 5.93. The van der Waals surface area contributed by atoms with Gasteiger partial charge in [0.2, 0.25) is 0 Å². The second-order valence-corrected chi connectivity index (χ2v) is 9.53. The highest BCUT2D eigenvalue weighted by Crippen LogP contribution is 2.65. The van der Waals surface area contributed by atoms with Crippen LogP contribution in [0.4, 0.5) is 0 Å². The first kappa shape index (κ1) is 21.6. The zero-order chi connectivity index (χ0) is 22.6. The van der Waals surface area contributed by atoms with Gasteiger partial charge in [-0.1, -0.05) is 13.8 Å². The molecule has 2 aliphatic carbocycles. The summed E-state index contributed by atoms with van der Waals surface area (Å²) in [7, 11) is 1.32. The molecule has 0 amide bonds. The molecule has 168 valence electrons. The van der Waals surface area contributed by atoms with Crippen molar-refractivity contribution in [3.8, 4) is 0 Å². The van der Waals surface area contributed by atoms with Crippen LogP contribution in [0.3, 0.4) is 0 Å². The molecule has 7 atom stereocenters. The summed E-state index contributed by atoms with van der Waals surface area (Å²) in [4.78, 5) is 51.2. The van der Waals surface area contributed by atoms with E-state index in [1.54, 1.807) is 6.07 Å². The van der Waals surface area contributed by atoms with E-state index in [1.165, 1.54) is 26.6 Å². The number of Topliss-reactive ketones (excluding diaryl/α,β-unsaturated/α-hetero) is 1. The molecule has 0 N–H and O–H groups in total. The fraction of sp³-hybridized carbons (Fsp3) is 0.652. The third-order valence-electron chi connectivity index (χ3n) is 7.81. The van der Waals surface area contributed by atoms with Crippen molar-refractivity contribution < 1.29 is 37.8 Å². The fourth-order valence-corrected chi connectivity index (χ4v) is 6.46. The number of hydrogen-bond acceptors (Lipinski definition) is 8. The molecule has 0 aromatic carbocycles. The number of furan rings is 1. The van der Waals surface area contributed by atoms with Crippen LogP contribution in [0.15, 0.2) is 23.0 Å². The monoisotopic (exact) mass is 432 g/mol. The van der Waals surface area contributed by atoms with Crippen LogP contribution in [0.2, 0.25) is 0 Å². The van der Waals surface area contributed by atoms with Crippen molar-refractivity contribution in [2.24, 2.45) is 28.6 Å². The summed E-state index contributed by atoms with van der Waals surface area (Å²) in [5.74, 6) is -3.35. The van der Waals surface area contributed by atoms with Gasteiger partial charge in [-0.05, 0) is 36.2 Å². The van der Waals surface area contributed by atoms with Crippen LogP contribution < -0.4 is 0 Å². The molecule has 0 radical (unpaired) electrons. The van der Waals surface area contributed by atoms with Crippen LogP contribution in [-0.2, 0) is 33.4 Å². The van der Waals surface area contributed by atoms with Gasteiger partial charge in [-0.25, -0.2) is 0 Å². The first-order valence-electron chi connectivity index (χ1n) is 10.6. The Morgan fingerprint density at radius 2 is 1.94 bits per heavy atom.